The molecular formula is C16H16Cl2N2O4Pt. The van der Waals surface area contributed by atoms with Crippen molar-refractivity contribution in [3.05, 3.63) is 47.8 Å². The van der Waals surface area contributed by atoms with Crippen LogP contribution in [0.4, 0.5) is 0 Å². The van der Waals surface area contributed by atoms with Gasteiger partial charge < -0.3 is 9.47 Å². The Balaban J connectivity index is 0.000000970. The zero-order valence-corrected chi connectivity index (χ0v) is 17.3. The van der Waals surface area contributed by atoms with Crippen LogP contribution in [0.5, 0.6) is 0 Å². The fourth-order valence-corrected chi connectivity index (χ4v) is 1.82. The summed E-state index contributed by atoms with van der Waals surface area (Å²) in [5.74, 6) is -0.847. The van der Waals surface area contributed by atoms with E-state index >= 15 is 0 Å². The Morgan fingerprint density at radius 3 is 1.60 bits per heavy atom. The van der Waals surface area contributed by atoms with E-state index in [1.807, 2.05) is 0 Å². The zero-order chi connectivity index (χ0) is 18.7. The van der Waals surface area contributed by atoms with E-state index in [0.717, 1.165) is 0 Å². The van der Waals surface area contributed by atoms with Gasteiger partial charge in [-0.3, -0.25) is 9.97 Å². The number of ether oxygens (including phenoxy) is 2. The molecule has 2 aromatic heterocycles. The fraction of sp³-hybridized carbons (Fsp3) is 0.250. The second-order valence-corrected chi connectivity index (χ2v) is 7.63. The summed E-state index contributed by atoms with van der Waals surface area (Å²) < 4.78 is 9.90. The molecule has 2 heterocycles. The number of nitrogens with zero attached hydrogens (tertiary/aromatic N) is 2. The number of carbonyl (C=O) groups is 2. The van der Waals surface area contributed by atoms with Crippen molar-refractivity contribution < 1.29 is 35.5 Å². The van der Waals surface area contributed by atoms with Crippen LogP contribution in [0.2, 0.25) is 0 Å². The van der Waals surface area contributed by atoms with Crippen LogP contribution < -0.4 is 0 Å². The Morgan fingerprint density at radius 2 is 1.28 bits per heavy atom. The van der Waals surface area contributed by atoms with Crippen LogP contribution in [-0.2, 0) is 26.0 Å². The second-order valence-electron chi connectivity index (χ2n) is 4.35. The average molecular weight is 566 g/mol. The molecule has 0 aliphatic carbocycles. The molecule has 0 aliphatic rings. The molecule has 9 heteroatoms. The molecular weight excluding hydrogens is 550 g/mol. The molecule has 0 unspecified atom stereocenters. The molecule has 0 amide bonds. The SMILES string of the molecule is CCOC(=O)c1ccnc(-c2cc(C(=O)OCC)ccn2)c1.[Cl][Pt][Cl]. The minimum absolute atomic E-state index is 0.299. The number of carbonyl (C=O) groups excluding carboxylic acids is 2. The maximum absolute atomic E-state index is 11.7. The molecule has 0 atom stereocenters. The Hall–Kier alpha value is -1.49. The normalized spacial score (nSPS) is 9.76. The van der Waals surface area contributed by atoms with Gasteiger partial charge in [0.05, 0.1) is 35.7 Å². The van der Waals surface area contributed by atoms with Crippen LogP contribution in [0.3, 0.4) is 0 Å². The van der Waals surface area contributed by atoms with Crippen molar-refractivity contribution in [3.63, 3.8) is 0 Å². The van der Waals surface area contributed by atoms with Crippen LogP contribution in [0.25, 0.3) is 11.4 Å². The van der Waals surface area contributed by atoms with E-state index in [1.165, 1.54) is 12.4 Å². The molecule has 0 spiro atoms. The summed E-state index contributed by atoms with van der Waals surface area (Å²) in [7, 11) is 9.75. The third kappa shape index (κ3) is 7.10. The first kappa shape index (κ1) is 21.6. The van der Waals surface area contributed by atoms with E-state index in [1.54, 1.807) is 38.1 Å². The Kier molecular flexibility index (Phi) is 10.3. The molecule has 2 aromatic rings. The van der Waals surface area contributed by atoms with Crippen LogP contribution in [0.1, 0.15) is 34.6 Å². The van der Waals surface area contributed by atoms with Crippen LogP contribution in [0.15, 0.2) is 36.7 Å². The average Bonchev–Trinajstić information content (AvgIpc) is 2.63. The monoisotopic (exact) mass is 565 g/mol. The van der Waals surface area contributed by atoms with Gasteiger partial charge in [0.25, 0.3) is 0 Å². The molecule has 0 saturated heterocycles. The van der Waals surface area contributed by atoms with Gasteiger partial charge in [-0.05, 0) is 38.1 Å². The fourth-order valence-electron chi connectivity index (χ4n) is 1.82. The van der Waals surface area contributed by atoms with Crippen molar-refractivity contribution in [3.8, 4) is 11.4 Å². The van der Waals surface area contributed by atoms with Crippen LogP contribution in [-0.4, -0.2) is 35.1 Å². The quantitative estimate of drug-likeness (QED) is 0.512. The van der Waals surface area contributed by atoms with Gasteiger partial charge in [-0.25, -0.2) is 9.59 Å². The Labute approximate surface area is 162 Å². The number of rotatable bonds is 5. The zero-order valence-electron chi connectivity index (χ0n) is 13.5. The van der Waals surface area contributed by atoms with Gasteiger partial charge in [0.15, 0.2) is 0 Å². The number of hydrogen-bond acceptors (Lipinski definition) is 6. The maximum atomic E-state index is 11.7. The summed E-state index contributed by atoms with van der Waals surface area (Å²) in [5.41, 5.74) is 1.73. The predicted octanol–water partition coefficient (Wildman–Crippen LogP) is 3.87. The van der Waals surface area contributed by atoms with Gasteiger partial charge in [-0.1, -0.05) is 0 Å². The summed E-state index contributed by atoms with van der Waals surface area (Å²) in [6.07, 6.45) is 3.00. The van der Waals surface area contributed by atoms with E-state index in [-0.39, 0.29) is 0 Å². The van der Waals surface area contributed by atoms with Gasteiger partial charge in [0.2, 0.25) is 0 Å². The molecule has 138 valence electrons. The number of aromatic nitrogens is 2. The number of esters is 2. The molecule has 6 nitrogen and oxygen atoms in total. The van der Waals surface area contributed by atoms with Crippen LogP contribution >= 0.6 is 18.8 Å². The van der Waals surface area contributed by atoms with Crippen molar-refractivity contribution in [2.75, 3.05) is 13.2 Å². The third-order valence-electron chi connectivity index (χ3n) is 2.80. The van der Waals surface area contributed by atoms with E-state index in [2.05, 4.69) is 9.97 Å². The van der Waals surface area contributed by atoms with Gasteiger partial charge in [0.1, 0.15) is 0 Å². The van der Waals surface area contributed by atoms with Gasteiger partial charge in [-0.15, -0.1) is 0 Å². The van der Waals surface area contributed by atoms with E-state index in [0.29, 0.717) is 35.7 Å². The summed E-state index contributed by atoms with van der Waals surface area (Å²) in [4.78, 5) is 31.8. The molecule has 25 heavy (non-hydrogen) atoms. The number of pyridine rings is 2. The van der Waals surface area contributed by atoms with E-state index in [4.69, 9.17) is 28.3 Å². The van der Waals surface area contributed by atoms with Crippen LogP contribution in [0, 0.1) is 0 Å². The third-order valence-corrected chi connectivity index (χ3v) is 2.80. The summed E-state index contributed by atoms with van der Waals surface area (Å²) in [6, 6.07) is 6.29. The molecule has 0 fully saturated rings. The standard InChI is InChI=1S/C16H16N2O4.2ClH.Pt/c1-3-21-15(19)11-5-7-17-13(9-11)14-10-12(6-8-18-14)16(20)22-4-2;;;/h5-10H,3-4H2,1-2H3;2*1H;/q;;;+2/p-2. The topological polar surface area (TPSA) is 78.4 Å². The first-order valence-corrected chi connectivity index (χ1v) is 12.8. The van der Waals surface area contributed by atoms with Crippen molar-refractivity contribution in [1.82, 2.24) is 9.97 Å². The molecule has 0 aromatic carbocycles. The molecule has 0 N–H and O–H groups in total. The van der Waals surface area contributed by atoms with Gasteiger partial charge in [-0.2, -0.15) is 0 Å². The first-order chi connectivity index (χ1) is 12.1. The van der Waals surface area contributed by atoms with Crippen molar-refractivity contribution >= 4 is 30.8 Å². The predicted molar refractivity (Wildman–Crippen MR) is 91.1 cm³/mol. The number of halogens is 2. The number of hydrogen-bond donors (Lipinski definition) is 0. The summed E-state index contributed by atoms with van der Waals surface area (Å²) in [6.45, 7) is 4.08. The second kappa shape index (κ2) is 12.0. The van der Waals surface area contributed by atoms with Crippen molar-refractivity contribution in [1.29, 1.82) is 0 Å². The molecule has 2 rings (SSSR count). The molecule has 0 aliphatic heterocycles. The van der Waals surface area contributed by atoms with Crippen molar-refractivity contribution in [2.24, 2.45) is 0 Å². The minimum atomic E-state index is -0.472. The van der Waals surface area contributed by atoms with E-state index < -0.39 is 28.4 Å². The molecule has 0 saturated carbocycles. The summed E-state index contributed by atoms with van der Waals surface area (Å²) >= 11 is -0.472. The molecule has 0 radical (unpaired) electrons. The Morgan fingerprint density at radius 1 is 0.920 bits per heavy atom. The molecule has 0 bridgehead atoms. The first-order valence-electron chi connectivity index (χ1n) is 7.16. The van der Waals surface area contributed by atoms with Gasteiger partial charge in [0, 0.05) is 12.4 Å². The summed E-state index contributed by atoms with van der Waals surface area (Å²) in [5, 5.41) is 0. The van der Waals surface area contributed by atoms with Crippen molar-refractivity contribution in [2.45, 2.75) is 13.8 Å². The van der Waals surface area contributed by atoms with E-state index in [9.17, 15) is 9.59 Å². The Bertz CT molecular complexity index is 657. The van der Waals surface area contributed by atoms with Gasteiger partial charge >= 0.3 is 47.3 Å².